The standard InChI is InChI=1S/C30H35NO5/c1-6-21-8-12-23(13-9-21)27(24-14-10-22(7-2)11-15-24)20(4)36-30(34)19(3)18-25(32)28-29(33)26(35-5)16-17-31-28/h8-17,19-20,27,33H,6-7,18H2,1-5H3/t19-,20+/m1/s1. The first kappa shape index (κ1) is 26.9. The van der Waals surface area contributed by atoms with E-state index in [1.165, 1.54) is 30.5 Å². The van der Waals surface area contributed by atoms with Gasteiger partial charge in [-0.15, -0.1) is 0 Å². The van der Waals surface area contributed by atoms with Gasteiger partial charge in [-0.25, -0.2) is 4.98 Å². The number of carbonyl (C=O) groups excluding carboxylic acids is 2. The fraction of sp³-hybridized carbons (Fsp3) is 0.367. The van der Waals surface area contributed by atoms with Gasteiger partial charge >= 0.3 is 5.97 Å². The molecule has 0 radical (unpaired) electrons. The van der Waals surface area contributed by atoms with Crippen LogP contribution in [0.15, 0.2) is 60.8 Å². The third-order valence-electron chi connectivity index (χ3n) is 6.53. The van der Waals surface area contributed by atoms with Gasteiger partial charge in [0.1, 0.15) is 6.10 Å². The van der Waals surface area contributed by atoms with Crippen molar-refractivity contribution in [3.8, 4) is 11.5 Å². The number of ketones is 1. The van der Waals surface area contributed by atoms with Gasteiger partial charge in [-0.3, -0.25) is 9.59 Å². The van der Waals surface area contributed by atoms with Crippen molar-refractivity contribution >= 4 is 11.8 Å². The minimum atomic E-state index is -0.710. The molecule has 6 nitrogen and oxygen atoms in total. The van der Waals surface area contributed by atoms with Gasteiger partial charge in [0.25, 0.3) is 0 Å². The lowest BCUT2D eigenvalue weighted by molar-refractivity contribution is -0.153. The molecular weight excluding hydrogens is 454 g/mol. The summed E-state index contributed by atoms with van der Waals surface area (Å²) >= 11 is 0. The largest absolute Gasteiger partial charge is 0.503 e. The van der Waals surface area contributed by atoms with Crippen LogP contribution in [-0.2, 0) is 22.4 Å². The summed E-state index contributed by atoms with van der Waals surface area (Å²) in [6.07, 6.45) is 2.68. The maximum Gasteiger partial charge on any atom is 0.309 e. The minimum Gasteiger partial charge on any atom is -0.503 e. The van der Waals surface area contributed by atoms with Crippen LogP contribution in [0.3, 0.4) is 0 Å². The van der Waals surface area contributed by atoms with Crippen LogP contribution in [0.1, 0.15) is 72.8 Å². The van der Waals surface area contributed by atoms with Gasteiger partial charge in [-0.2, -0.15) is 0 Å². The zero-order valence-corrected chi connectivity index (χ0v) is 21.7. The van der Waals surface area contributed by atoms with Crippen molar-refractivity contribution in [2.75, 3.05) is 7.11 Å². The molecule has 3 aromatic rings. The van der Waals surface area contributed by atoms with Gasteiger partial charge in [-0.1, -0.05) is 69.3 Å². The van der Waals surface area contributed by atoms with Gasteiger partial charge in [0.2, 0.25) is 0 Å². The molecule has 0 aliphatic heterocycles. The summed E-state index contributed by atoms with van der Waals surface area (Å²) < 4.78 is 11.0. The van der Waals surface area contributed by atoms with E-state index in [0.717, 1.165) is 24.0 Å². The number of aromatic hydroxyl groups is 1. The third kappa shape index (κ3) is 6.30. The minimum absolute atomic E-state index is 0.119. The first-order valence-corrected chi connectivity index (χ1v) is 12.4. The summed E-state index contributed by atoms with van der Waals surface area (Å²) in [6.45, 7) is 7.76. The summed E-state index contributed by atoms with van der Waals surface area (Å²) in [5.41, 5.74) is 4.49. The molecule has 0 fully saturated rings. The number of esters is 1. The molecule has 190 valence electrons. The van der Waals surface area contributed by atoms with Crippen LogP contribution < -0.4 is 4.74 Å². The summed E-state index contributed by atoms with van der Waals surface area (Å²) in [7, 11) is 1.40. The van der Waals surface area contributed by atoms with E-state index in [2.05, 4.69) is 67.4 Å². The molecule has 1 N–H and O–H groups in total. The number of carbonyl (C=O) groups is 2. The third-order valence-corrected chi connectivity index (χ3v) is 6.53. The Morgan fingerprint density at radius 3 is 1.89 bits per heavy atom. The van der Waals surface area contributed by atoms with Gasteiger partial charge in [0, 0.05) is 24.6 Å². The molecule has 0 saturated carbocycles. The Labute approximate surface area is 213 Å². The molecule has 0 bridgehead atoms. The topological polar surface area (TPSA) is 85.7 Å². The zero-order valence-electron chi connectivity index (χ0n) is 21.7. The van der Waals surface area contributed by atoms with E-state index in [1.807, 2.05) is 6.92 Å². The van der Waals surface area contributed by atoms with Crippen molar-refractivity contribution in [1.29, 1.82) is 0 Å². The fourth-order valence-corrected chi connectivity index (χ4v) is 4.29. The predicted molar refractivity (Wildman–Crippen MR) is 140 cm³/mol. The van der Waals surface area contributed by atoms with Crippen molar-refractivity contribution < 1.29 is 24.2 Å². The molecule has 2 atom stereocenters. The summed E-state index contributed by atoms with van der Waals surface area (Å²) in [6, 6.07) is 18.2. The highest BCUT2D eigenvalue weighted by molar-refractivity contribution is 5.99. The lowest BCUT2D eigenvalue weighted by atomic mass is 9.86. The van der Waals surface area contributed by atoms with E-state index < -0.39 is 23.8 Å². The highest BCUT2D eigenvalue weighted by atomic mass is 16.5. The number of benzene rings is 2. The number of aryl methyl sites for hydroxylation is 2. The summed E-state index contributed by atoms with van der Waals surface area (Å²) in [5, 5.41) is 10.2. The lowest BCUT2D eigenvalue weighted by Gasteiger charge is -2.26. The van der Waals surface area contributed by atoms with Gasteiger partial charge < -0.3 is 14.6 Å². The molecular formula is C30H35NO5. The second-order valence-corrected chi connectivity index (χ2v) is 9.05. The first-order valence-electron chi connectivity index (χ1n) is 12.4. The quantitative estimate of drug-likeness (QED) is 0.267. The number of hydrogen-bond acceptors (Lipinski definition) is 6. The molecule has 1 heterocycles. The Bertz CT molecular complexity index is 1120. The Hall–Kier alpha value is -3.67. The molecule has 0 aliphatic carbocycles. The summed E-state index contributed by atoms with van der Waals surface area (Å²) in [4.78, 5) is 29.7. The van der Waals surface area contributed by atoms with Crippen LogP contribution in [0.25, 0.3) is 0 Å². The van der Waals surface area contributed by atoms with Crippen LogP contribution >= 0.6 is 0 Å². The maximum absolute atomic E-state index is 13.0. The van der Waals surface area contributed by atoms with Crippen LogP contribution in [0.5, 0.6) is 11.5 Å². The van der Waals surface area contributed by atoms with E-state index in [9.17, 15) is 14.7 Å². The van der Waals surface area contributed by atoms with Crippen LogP contribution in [0.4, 0.5) is 0 Å². The number of hydrogen-bond donors (Lipinski definition) is 1. The molecule has 0 spiro atoms. The molecule has 36 heavy (non-hydrogen) atoms. The lowest BCUT2D eigenvalue weighted by Crippen LogP contribution is -2.28. The number of methoxy groups -OCH3 is 1. The highest BCUT2D eigenvalue weighted by Gasteiger charge is 2.29. The number of ether oxygens (including phenoxy) is 2. The zero-order chi connectivity index (χ0) is 26.2. The Morgan fingerprint density at radius 1 is 0.889 bits per heavy atom. The van der Waals surface area contributed by atoms with Crippen molar-refractivity contribution in [3.05, 3.63) is 88.7 Å². The molecule has 0 amide bonds. The molecule has 2 aromatic carbocycles. The van der Waals surface area contributed by atoms with E-state index in [0.29, 0.717) is 0 Å². The van der Waals surface area contributed by atoms with Crippen molar-refractivity contribution in [2.24, 2.45) is 5.92 Å². The van der Waals surface area contributed by atoms with E-state index >= 15 is 0 Å². The second kappa shape index (κ2) is 12.3. The molecule has 1 aromatic heterocycles. The Morgan fingerprint density at radius 2 is 1.42 bits per heavy atom. The number of rotatable bonds is 11. The average molecular weight is 490 g/mol. The fourth-order valence-electron chi connectivity index (χ4n) is 4.29. The average Bonchev–Trinajstić information content (AvgIpc) is 2.89. The van der Waals surface area contributed by atoms with Gasteiger partial charge in [0.15, 0.2) is 23.0 Å². The van der Waals surface area contributed by atoms with Gasteiger partial charge in [-0.05, 0) is 42.0 Å². The number of aromatic nitrogens is 1. The van der Waals surface area contributed by atoms with Crippen molar-refractivity contribution in [2.45, 2.75) is 59.0 Å². The molecule has 0 aliphatic rings. The SMILES string of the molecule is CCc1ccc(C(c2ccc(CC)cc2)[C@H](C)OC(=O)[C@H](C)CC(=O)c2nccc(OC)c2O)cc1. The molecule has 0 unspecified atom stereocenters. The van der Waals surface area contributed by atoms with E-state index in [-0.39, 0.29) is 29.5 Å². The first-order chi connectivity index (χ1) is 17.3. The Kier molecular flexibility index (Phi) is 9.23. The monoisotopic (exact) mass is 489 g/mol. The molecule has 3 rings (SSSR count). The smallest absolute Gasteiger partial charge is 0.309 e. The van der Waals surface area contributed by atoms with Crippen LogP contribution in [0.2, 0.25) is 0 Å². The maximum atomic E-state index is 13.0. The summed E-state index contributed by atoms with van der Waals surface area (Å²) in [5.74, 6) is -1.96. The van der Waals surface area contributed by atoms with Crippen molar-refractivity contribution in [1.82, 2.24) is 4.98 Å². The van der Waals surface area contributed by atoms with E-state index in [4.69, 9.17) is 9.47 Å². The second-order valence-electron chi connectivity index (χ2n) is 9.05. The predicted octanol–water partition coefficient (Wildman–Crippen LogP) is 5.89. The van der Waals surface area contributed by atoms with Crippen LogP contribution in [0, 0.1) is 5.92 Å². The Balaban J connectivity index is 1.78. The van der Waals surface area contributed by atoms with Crippen LogP contribution in [-0.4, -0.2) is 35.1 Å². The number of nitrogens with zero attached hydrogens (tertiary/aromatic N) is 1. The number of Topliss-reactive ketones (excluding diaryl/α,β-unsaturated/α-hetero) is 1. The molecule has 6 heteroatoms. The molecule has 0 saturated heterocycles. The highest BCUT2D eigenvalue weighted by Crippen LogP contribution is 2.32. The number of pyridine rings is 1. The van der Waals surface area contributed by atoms with Crippen molar-refractivity contribution in [3.63, 3.8) is 0 Å². The van der Waals surface area contributed by atoms with E-state index in [1.54, 1.807) is 6.92 Å². The normalized spacial score (nSPS) is 12.7. The van der Waals surface area contributed by atoms with Gasteiger partial charge in [0.05, 0.1) is 13.0 Å².